The van der Waals surface area contributed by atoms with Gasteiger partial charge in [0.05, 0.1) is 0 Å². The molecule has 0 radical (unpaired) electrons. The van der Waals surface area contributed by atoms with E-state index in [1.165, 1.54) is 11.1 Å². The van der Waals surface area contributed by atoms with Crippen LogP contribution in [-0.4, -0.2) is 24.1 Å². The molecule has 1 aliphatic rings. The fraction of sp³-hybridized carbons (Fsp3) is 0.182. The number of ether oxygens (including phenoxy) is 2. The smallest absolute Gasteiger partial charge is 0.274 e. The summed E-state index contributed by atoms with van der Waals surface area (Å²) in [5, 5.41) is 6.18. The topological polar surface area (TPSA) is 72.5 Å². The zero-order valence-corrected chi connectivity index (χ0v) is 15.8. The van der Waals surface area contributed by atoms with E-state index in [1.54, 1.807) is 30.5 Å². The molecule has 28 heavy (non-hydrogen) atoms. The van der Waals surface area contributed by atoms with E-state index in [2.05, 4.69) is 47.7 Å². The molecule has 2 aromatic carbocycles. The van der Waals surface area contributed by atoms with Gasteiger partial charge in [0.1, 0.15) is 18.9 Å². The van der Waals surface area contributed by atoms with Crippen LogP contribution in [0.4, 0.5) is 17.1 Å². The number of aromatic nitrogens is 1. The van der Waals surface area contributed by atoms with Crippen LogP contribution in [0.3, 0.4) is 0 Å². The fourth-order valence-electron chi connectivity index (χ4n) is 3.16. The van der Waals surface area contributed by atoms with Gasteiger partial charge in [-0.05, 0) is 61.4 Å². The number of pyridine rings is 1. The van der Waals surface area contributed by atoms with E-state index in [1.807, 2.05) is 6.07 Å². The molecule has 6 heteroatoms. The first-order chi connectivity index (χ1) is 13.6. The monoisotopic (exact) mass is 375 g/mol. The SMILES string of the molecule is Cc1cc(C)cc(Nc2ccnc(C(=O)Nc3ccc4c(c3)OCCO4)c2)c1. The number of anilines is 3. The Morgan fingerprint density at radius 1 is 0.857 bits per heavy atom. The first-order valence-corrected chi connectivity index (χ1v) is 9.09. The van der Waals surface area contributed by atoms with E-state index < -0.39 is 0 Å². The van der Waals surface area contributed by atoms with Gasteiger partial charge < -0.3 is 20.1 Å². The minimum atomic E-state index is -0.291. The van der Waals surface area contributed by atoms with E-state index in [0.29, 0.717) is 36.1 Å². The standard InChI is InChI=1S/C22H21N3O3/c1-14-9-15(2)11-18(10-14)24-17-5-6-23-19(12-17)22(26)25-16-3-4-20-21(13-16)28-8-7-27-20/h3-6,9-13H,7-8H2,1-2H3,(H,23,24)(H,25,26). The first kappa shape index (κ1) is 17.9. The molecule has 2 heterocycles. The van der Waals surface area contributed by atoms with Crippen molar-refractivity contribution in [2.75, 3.05) is 23.8 Å². The number of hydrogen-bond acceptors (Lipinski definition) is 5. The number of benzene rings is 2. The highest BCUT2D eigenvalue weighted by atomic mass is 16.6. The summed E-state index contributed by atoms with van der Waals surface area (Å²) in [5.74, 6) is 1.02. The molecule has 0 saturated carbocycles. The van der Waals surface area contributed by atoms with Crippen molar-refractivity contribution in [3.63, 3.8) is 0 Å². The molecule has 0 saturated heterocycles. The third kappa shape index (κ3) is 4.06. The van der Waals surface area contributed by atoms with Gasteiger partial charge in [0.2, 0.25) is 0 Å². The molecule has 6 nitrogen and oxygen atoms in total. The third-order valence-electron chi connectivity index (χ3n) is 4.30. The summed E-state index contributed by atoms with van der Waals surface area (Å²) < 4.78 is 11.1. The highest BCUT2D eigenvalue weighted by Gasteiger charge is 2.14. The maximum atomic E-state index is 12.6. The van der Waals surface area contributed by atoms with Crippen LogP contribution < -0.4 is 20.1 Å². The Bertz CT molecular complexity index is 1010. The molecular weight excluding hydrogens is 354 g/mol. The molecule has 3 aromatic rings. The minimum absolute atomic E-state index is 0.291. The Hall–Kier alpha value is -3.54. The van der Waals surface area contributed by atoms with Crippen molar-refractivity contribution in [2.45, 2.75) is 13.8 Å². The number of carbonyl (C=O) groups is 1. The second-order valence-corrected chi connectivity index (χ2v) is 6.74. The fourth-order valence-corrected chi connectivity index (χ4v) is 3.16. The Kier molecular flexibility index (Phi) is 4.85. The van der Waals surface area contributed by atoms with Gasteiger partial charge in [-0.15, -0.1) is 0 Å². The molecule has 0 unspecified atom stereocenters. The zero-order chi connectivity index (χ0) is 19.5. The van der Waals surface area contributed by atoms with Crippen molar-refractivity contribution in [2.24, 2.45) is 0 Å². The molecule has 0 fully saturated rings. The average Bonchev–Trinajstić information content (AvgIpc) is 2.67. The van der Waals surface area contributed by atoms with E-state index in [-0.39, 0.29) is 5.91 Å². The van der Waals surface area contributed by atoms with Gasteiger partial charge in [-0.1, -0.05) is 6.07 Å². The molecule has 142 valence electrons. The maximum absolute atomic E-state index is 12.6. The van der Waals surface area contributed by atoms with Gasteiger partial charge in [-0.3, -0.25) is 9.78 Å². The van der Waals surface area contributed by atoms with Crippen molar-refractivity contribution in [1.82, 2.24) is 4.98 Å². The Balaban J connectivity index is 1.50. The zero-order valence-electron chi connectivity index (χ0n) is 15.8. The number of nitrogens with zero attached hydrogens (tertiary/aromatic N) is 1. The summed E-state index contributed by atoms with van der Waals surface area (Å²) in [6, 6.07) is 15.1. The summed E-state index contributed by atoms with van der Waals surface area (Å²) in [6.45, 7) is 5.13. The van der Waals surface area contributed by atoms with E-state index >= 15 is 0 Å². The van der Waals surface area contributed by atoms with Crippen LogP contribution in [0, 0.1) is 13.8 Å². The van der Waals surface area contributed by atoms with Crippen LogP contribution in [0.25, 0.3) is 0 Å². The molecular formula is C22H21N3O3. The number of carbonyl (C=O) groups excluding carboxylic acids is 1. The summed E-state index contributed by atoms with van der Waals surface area (Å²) in [7, 11) is 0. The summed E-state index contributed by atoms with van der Waals surface area (Å²) in [4.78, 5) is 16.8. The van der Waals surface area contributed by atoms with Gasteiger partial charge in [-0.25, -0.2) is 0 Å². The number of hydrogen-bond donors (Lipinski definition) is 2. The largest absolute Gasteiger partial charge is 0.486 e. The number of nitrogens with one attached hydrogen (secondary N) is 2. The minimum Gasteiger partial charge on any atom is -0.486 e. The lowest BCUT2D eigenvalue weighted by Crippen LogP contribution is -2.17. The van der Waals surface area contributed by atoms with E-state index in [4.69, 9.17) is 9.47 Å². The van der Waals surface area contributed by atoms with E-state index in [9.17, 15) is 4.79 Å². The molecule has 4 rings (SSSR count). The van der Waals surface area contributed by atoms with Crippen molar-refractivity contribution in [3.05, 3.63) is 71.5 Å². The highest BCUT2D eigenvalue weighted by molar-refractivity contribution is 6.03. The third-order valence-corrected chi connectivity index (χ3v) is 4.30. The molecule has 0 bridgehead atoms. The van der Waals surface area contributed by atoms with Crippen molar-refractivity contribution < 1.29 is 14.3 Å². The van der Waals surface area contributed by atoms with Crippen LogP contribution >= 0.6 is 0 Å². The predicted octanol–water partition coefficient (Wildman–Crippen LogP) is 4.47. The maximum Gasteiger partial charge on any atom is 0.274 e. The summed E-state index contributed by atoms with van der Waals surface area (Å²) in [6.07, 6.45) is 1.61. The second kappa shape index (κ2) is 7.60. The molecule has 1 aromatic heterocycles. The van der Waals surface area contributed by atoms with Crippen LogP contribution in [0.2, 0.25) is 0 Å². The lowest BCUT2D eigenvalue weighted by atomic mass is 10.1. The Morgan fingerprint density at radius 3 is 2.39 bits per heavy atom. The lowest BCUT2D eigenvalue weighted by Gasteiger charge is -2.19. The molecule has 1 amide bonds. The van der Waals surface area contributed by atoms with Gasteiger partial charge >= 0.3 is 0 Å². The quantitative estimate of drug-likeness (QED) is 0.704. The molecule has 2 N–H and O–H groups in total. The molecule has 0 spiro atoms. The number of aryl methyl sites for hydroxylation is 2. The van der Waals surface area contributed by atoms with Crippen LogP contribution in [0.1, 0.15) is 21.6 Å². The van der Waals surface area contributed by atoms with Gasteiger partial charge in [0, 0.05) is 29.3 Å². The molecule has 1 aliphatic heterocycles. The highest BCUT2D eigenvalue weighted by Crippen LogP contribution is 2.32. The van der Waals surface area contributed by atoms with Crippen molar-refractivity contribution in [3.8, 4) is 11.5 Å². The number of amides is 1. The first-order valence-electron chi connectivity index (χ1n) is 9.09. The van der Waals surface area contributed by atoms with Gasteiger partial charge in [0.15, 0.2) is 11.5 Å². The number of fused-ring (bicyclic) bond motifs is 1. The predicted molar refractivity (Wildman–Crippen MR) is 109 cm³/mol. The van der Waals surface area contributed by atoms with Gasteiger partial charge in [0.25, 0.3) is 5.91 Å². The second-order valence-electron chi connectivity index (χ2n) is 6.74. The average molecular weight is 375 g/mol. The van der Waals surface area contributed by atoms with Crippen LogP contribution in [-0.2, 0) is 0 Å². The van der Waals surface area contributed by atoms with Gasteiger partial charge in [-0.2, -0.15) is 0 Å². The van der Waals surface area contributed by atoms with E-state index in [0.717, 1.165) is 11.4 Å². The summed E-state index contributed by atoms with van der Waals surface area (Å²) >= 11 is 0. The van der Waals surface area contributed by atoms with Crippen molar-refractivity contribution in [1.29, 1.82) is 0 Å². The lowest BCUT2D eigenvalue weighted by molar-refractivity contribution is 0.102. The van der Waals surface area contributed by atoms with Crippen molar-refractivity contribution >= 4 is 23.0 Å². The molecule has 0 aliphatic carbocycles. The normalized spacial score (nSPS) is 12.4. The Morgan fingerprint density at radius 2 is 1.61 bits per heavy atom. The number of rotatable bonds is 4. The summed E-state index contributed by atoms with van der Waals surface area (Å²) in [5.41, 5.74) is 5.07. The molecule has 0 atom stereocenters. The Labute approximate surface area is 163 Å². The van der Waals surface area contributed by atoms with Crippen LogP contribution in [0.15, 0.2) is 54.7 Å². The van der Waals surface area contributed by atoms with Crippen LogP contribution in [0.5, 0.6) is 11.5 Å².